The Morgan fingerprint density at radius 3 is 2.87 bits per heavy atom. The number of halogens is 2. The van der Waals surface area contributed by atoms with E-state index in [-0.39, 0.29) is 5.78 Å². The molecule has 78 valence electrons. The number of furan rings is 1. The zero-order valence-corrected chi connectivity index (χ0v) is 10.4. The second-order valence-electron chi connectivity index (χ2n) is 3.19. The van der Waals surface area contributed by atoms with Crippen LogP contribution in [0.3, 0.4) is 0 Å². The molecule has 0 aliphatic rings. The van der Waals surface area contributed by atoms with Crippen LogP contribution < -0.4 is 0 Å². The molecule has 0 atom stereocenters. The highest BCUT2D eigenvalue weighted by Crippen LogP contribution is 2.30. The first-order valence-corrected chi connectivity index (χ1v) is 5.70. The third kappa shape index (κ3) is 1.94. The van der Waals surface area contributed by atoms with Gasteiger partial charge in [0, 0.05) is 16.3 Å². The van der Waals surface area contributed by atoms with Gasteiger partial charge in [0.05, 0.1) is 5.02 Å². The van der Waals surface area contributed by atoms with Crippen molar-refractivity contribution in [1.29, 1.82) is 0 Å². The van der Waals surface area contributed by atoms with Gasteiger partial charge in [-0.3, -0.25) is 4.79 Å². The second-order valence-corrected chi connectivity index (χ2v) is 4.52. The summed E-state index contributed by atoms with van der Waals surface area (Å²) in [6.07, 6.45) is 0.429. The van der Waals surface area contributed by atoms with Crippen molar-refractivity contribution in [3.05, 3.63) is 33.5 Å². The summed E-state index contributed by atoms with van der Waals surface area (Å²) < 4.78 is 6.28. The van der Waals surface area contributed by atoms with Crippen molar-refractivity contribution in [1.82, 2.24) is 0 Å². The molecule has 0 bridgehead atoms. The van der Waals surface area contributed by atoms with Crippen molar-refractivity contribution < 1.29 is 9.21 Å². The Morgan fingerprint density at radius 2 is 2.20 bits per heavy atom. The van der Waals surface area contributed by atoms with E-state index in [1.165, 1.54) is 0 Å². The lowest BCUT2D eigenvalue weighted by molar-refractivity contribution is 0.0963. The number of carbonyl (C=O) groups excluding carboxylic acids is 1. The molecule has 0 aliphatic carbocycles. The molecule has 2 aromatic rings. The van der Waals surface area contributed by atoms with Gasteiger partial charge in [0.1, 0.15) is 0 Å². The van der Waals surface area contributed by atoms with E-state index in [9.17, 15) is 4.79 Å². The molecule has 0 fully saturated rings. The fourth-order valence-corrected chi connectivity index (χ4v) is 2.26. The maximum atomic E-state index is 11.4. The van der Waals surface area contributed by atoms with Crippen molar-refractivity contribution in [2.45, 2.75) is 13.3 Å². The minimum absolute atomic E-state index is 0.0154. The van der Waals surface area contributed by atoms with Crippen LogP contribution in [0.25, 0.3) is 11.0 Å². The van der Waals surface area contributed by atoms with Gasteiger partial charge in [-0.1, -0.05) is 34.5 Å². The van der Waals surface area contributed by atoms with Gasteiger partial charge in [0.2, 0.25) is 0 Å². The summed E-state index contributed by atoms with van der Waals surface area (Å²) in [7, 11) is 0. The van der Waals surface area contributed by atoms with Gasteiger partial charge in [-0.15, -0.1) is 0 Å². The standard InChI is InChI=1S/C11H8BrClO2/c1-2-9(14)10-4-6-3-7(12)5-8(13)11(6)15-10/h3-5H,2H2,1H3. The third-order valence-electron chi connectivity index (χ3n) is 2.13. The van der Waals surface area contributed by atoms with Gasteiger partial charge in [-0.2, -0.15) is 0 Å². The van der Waals surface area contributed by atoms with Crippen molar-refractivity contribution in [2.24, 2.45) is 0 Å². The smallest absolute Gasteiger partial charge is 0.197 e. The predicted molar refractivity (Wildman–Crippen MR) is 63.5 cm³/mol. The number of hydrogen-bond donors (Lipinski definition) is 0. The van der Waals surface area contributed by atoms with Crippen LogP contribution in [-0.4, -0.2) is 5.78 Å². The first kappa shape index (κ1) is 10.7. The topological polar surface area (TPSA) is 30.2 Å². The van der Waals surface area contributed by atoms with E-state index in [2.05, 4.69) is 15.9 Å². The second kappa shape index (κ2) is 3.99. The highest BCUT2D eigenvalue weighted by Gasteiger charge is 2.12. The van der Waals surface area contributed by atoms with Crippen LogP contribution in [0.1, 0.15) is 23.9 Å². The fraction of sp³-hybridized carbons (Fsp3) is 0.182. The number of Topliss-reactive ketones (excluding diaryl/α,β-unsaturated/α-hetero) is 1. The summed E-state index contributed by atoms with van der Waals surface area (Å²) in [6.45, 7) is 1.80. The molecule has 0 aliphatic heterocycles. The van der Waals surface area contributed by atoms with E-state index >= 15 is 0 Å². The molecule has 0 N–H and O–H groups in total. The number of ketones is 1. The molecule has 1 heterocycles. The fourth-order valence-electron chi connectivity index (χ4n) is 1.39. The molecule has 4 heteroatoms. The molecule has 1 aromatic carbocycles. The Hall–Kier alpha value is -0.800. The average Bonchev–Trinajstić information content (AvgIpc) is 2.60. The Kier molecular flexibility index (Phi) is 2.85. The number of hydrogen-bond acceptors (Lipinski definition) is 2. The summed E-state index contributed by atoms with van der Waals surface area (Å²) in [6, 6.07) is 5.34. The minimum Gasteiger partial charge on any atom is -0.451 e. The molecule has 2 rings (SSSR count). The highest BCUT2D eigenvalue weighted by molar-refractivity contribution is 9.10. The van der Waals surface area contributed by atoms with Crippen LogP contribution in [0.4, 0.5) is 0 Å². The van der Waals surface area contributed by atoms with Gasteiger partial charge in [0.15, 0.2) is 17.1 Å². The Balaban J connectivity index is 2.65. The number of carbonyl (C=O) groups is 1. The van der Waals surface area contributed by atoms with Crippen LogP contribution >= 0.6 is 27.5 Å². The van der Waals surface area contributed by atoms with E-state index in [0.717, 1.165) is 9.86 Å². The van der Waals surface area contributed by atoms with Crippen LogP contribution in [0.2, 0.25) is 5.02 Å². The third-order valence-corrected chi connectivity index (χ3v) is 2.87. The van der Waals surface area contributed by atoms with Crippen LogP contribution in [0.15, 0.2) is 27.1 Å². The summed E-state index contributed by atoms with van der Waals surface area (Å²) in [5.41, 5.74) is 0.566. The number of fused-ring (bicyclic) bond motifs is 1. The van der Waals surface area contributed by atoms with E-state index in [0.29, 0.717) is 22.8 Å². The van der Waals surface area contributed by atoms with Crippen LogP contribution in [0, 0.1) is 0 Å². The lowest BCUT2D eigenvalue weighted by Crippen LogP contribution is -1.92. The molecule has 0 radical (unpaired) electrons. The molecule has 0 unspecified atom stereocenters. The summed E-state index contributed by atoms with van der Waals surface area (Å²) in [5, 5.41) is 1.35. The van der Waals surface area contributed by atoms with Crippen molar-refractivity contribution >= 4 is 44.3 Å². The minimum atomic E-state index is -0.0154. The summed E-state index contributed by atoms with van der Waals surface area (Å²) >= 11 is 9.32. The van der Waals surface area contributed by atoms with Gasteiger partial charge in [0.25, 0.3) is 0 Å². The van der Waals surface area contributed by atoms with Gasteiger partial charge < -0.3 is 4.42 Å². The monoisotopic (exact) mass is 286 g/mol. The van der Waals surface area contributed by atoms with Crippen molar-refractivity contribution in [3.8, 4) is 0 Å². The zero-order chi connectivity index (χ0) is 11.0. The predicted octanol–water partition coefficient (Wildman–Crippen LogP) is 4.44. The quantitative estimate of drug-likeness (QED) is 0.764. The Labute approximate surface area is 100 Å². The first-order valence-electron chi connectivity index (χ1n) is 4.53. The first-order chi connectivity index (χ1) is 7.11. The summed E-state index contributed by atoms with van der Waals surface area (Å²) in [5.74, 6) is 0.353. The van der Waals surface area contributed by atoms with Crippen molar-refractivity contribution in [2.75, 3.05) is 0 Å². The van der Waals surface area contributed by atoms with Crippen LogP contribution in [0.5, 0.6) is 0 Å². The molecule has 0 saturated carbocycles. The molecule has 15 heavy (non-hydrogen) atoms. The molecule has 0 spiro atoms. The Bertz CT molecular complexity index is 531. The molecular weight excluding hydrogens is 279 g/mol. The number of rotatable bonds is 2. The van der Waals surface area contributed by atoms with E-state index in [4.69, 9.17) is 16.0 Å². The lowest BCUT2D eigenvalue weighted by atomic mass is 10.2. The highest BCUT2D eigenvalue weighted by atomic mass is 79.9. The van der Waals surface area contributed by atoms with E-state index in [1.54, 1.807) is 19.1 Å². The largest absolute Gasteiger partial charge is 0.451 e. The molecule has 0 saturated heterocycles. The van der Waals surface area contributed by atoms with Crippen LogP contribution in [-0.2, 0) is 0 Å². The normalized spacial score (nSPS) is 10.9. The average molecular weight is 288 g/mol. The molecular formula is C11H8BrClO2. The zero-order valence-electron chi connectivity index (χ0n) is 8.01. The van der Waals surface area contributed by atoms with Gasteiger partial charge in [-0.25, -0.2) is 0 Å². The van der Waals surface area contributed by atoms with E-state index < -0.39 is 0 Å². The maximum absolute atomic E-state index is 11.4. The molecule has 2 nitrogen and oxygen atoms in total. The molecule has 1 aromatic heterocycles. The van der Waals surface area contributed by atoms with E-state index in [1.807, 2.05) is 6.07 Å². The Morgan fingerprint density at radius 1 is 1.47 bits per heavy atom. The van der Waals surface area contributed by atoms with Crippen molar-refractivity contribution in [3.63, 3.8) is 0 Å². The number of benzene rings is 1. The summed E-state index contributed by atoms with van der Waals surface area (Å²) in [4.78, 5) is 11.4. The van der Waals surface area contributed by atoms with Gasteiger partial charge >= 0.3 is 0 Å². The van der Waals surface area contributed by atoms with Gasteiger partial charge in [-0.05, 0) is 18.2 Å². The SMILES string of the molecule is CCC(=O)c1cc2cc(Br)cc(Cl)c2o1. The maximum Gasteiger partial charge on any atom is 0.197 e. The molecule has 0 amide bonds. The lowest BCUT2D eigenvalue weighted by Gasteiger charge is -1.93.